The first-order valence-electron chi connectivity index (χ1n) is 3.82. The minimum absolute atomic E-state index is 0.0862. The third kappa shape index (κ3) is 0.939. The molecule has 2 nitrogen and oxygen atoms in total. The van der Waals surface area contributed by atoms with Crippen LogP contribution < -0.4 is 0 Å². The quantitative estimate of drug-likeness (QED) is 0.377. The number of carbonyl (C=O) groups is 1. The van der Waals surface area contributed by atoms with Gasteiger partial charge in [0, 0.05) is 0 Å². The summed E-state index contributed by atoms with van der Waals surface area (Å²) >= 11 is 0. The lowest BCUT2D eigenvalue weighted by molar-refractivity contribution is -0.117. The van der Waals surface area contributed by atoms with E-state index in [0.29, 0.717) is 5.76 Å². The van der Waals surface area contributed by atoms with Crippen LogP contribution in [0.3, 0.4) is 0 Å². The summed E-state index contributed by atoms with van der Waals surface area (Å²) in [6, 6.07) is 0. The Hall–Kier alpha value is -0.790. The monoisotopic (exact) mass is 138 g/mol. The Bertz CT molecular complexity index is 195. The van der Waals surface area contributed by atoms with E-state index >= 15 is 0 Å². The van der Waals surface area contributed by atoms with E-state index < -0.39 is 0 Å². The van der Waals surface area contributed by atoms with Crippen LogP contribution in [0.2, 0.25) is 0 Å². The van der Waals surface area contributed by atoms with Crippen molar-refractivity contribution in [1.82, 2.24) is 0 Å². The molecule has 1 aliphatic carbocycles. The zero-order chi connectivity index (χ0) is 6.97. The topological polar surface area (TPSA) is 29.6 Å². The molecule has 0 spiro atoms. The maximum Gasteiger partial charge on any atom is 0.379 e. The van der Waals surface area contributed by atoms with E-state index in [-0.39, 0.29) is 5.97 Å². The predicted molar refractivity (Wildman–Crippen MR) is 36.2 cm³/mol. The summed E-state index contributed by atoms with van der Waals surface area (Å²) in [5.41, 5.74) is 1.26. The fourth-order valence-corrected chi connectivity index (χ4v) is 1.49. The van der Waals surface area contributed by atoms with Crippen LogP contribution >= 0.6 is 0 Å². The second-order valence-electron chi connectivity index (χ2n) is 2.88. The van der Waals surface area contributed by atoms with Crippen LogP contribution in [0.25, 0.3) is 0 Å². The number of rotatable bonds is 0. The second-order valence-corrected chi connectivity index (χ2v) is 2.88. The zero-order valence-corrected chi connectivity index (χ0v) is 5.85. The Balaban J connectivity index is 2.10. The van der Waals surface area contributed by atoms with Crippen LogP contribution in [0.15, 0.2) is 11.3 Å². The highest BCUT2D eigenvalue weighted by Crippen LogP contribution is 2.32. The van der Waals surface area contributed by atoms with Crippen molar-refractivity contribution in [3.05, 3.63) is 11.3 Å². The summed E-state index contributed by atoms with van der Waals surface area (Å²) in [6.07, 6.45) is 5.94. The van der Waals surface area contributed by atoms with Crippen molar-refractivity contribution in [2.24, 2.45) is 0 Å². The third-order valence-electron chi connectivity index (χ3n) is 2.12. The van der Waals surface area contributed by atoms with E-state index in [4.69, 9.17) is 4.74 Å². The lowest BCUT2D eigenvalue weighted by Gasteiger charge is -2.09. The first kappa shape index (κ1) is 5.96. The molecule has 54 valence electrons. The maximum absolute atomic E-state index is 10.5. The van der Waals surface area contributed by atoms with Gasteiger partial charge in [-0.1, -0.05) is 6.42 Å². The Morgan fingerprint density at radius 3 is 2.20 bits per heavy atom. The summed E-state index contributed by atoms with van der Waals surface area (Å²) in [5.74, 6) is 0.594. The van der Waals surface area contributed by atoms with E-state index in [9.17, 15) is 4.79 Å². The molecule has 1 aliphatic heterocycles. The summed E-state index contributed by atoms with van der Waals surface area (Å²) in [4.78, 5) is 10.5. The standard InChI is InChI=1S/C8H10O2/c9-8-7(10-8)6-4-2-1-3-5-6/h1-5H2. The molecule has 1 heterocycles. The second kappa shape index (κ2) is 2.11. The van der Waals surface area contributed by atoms with Crippen LogP contribution in [-0.2, 0) is 9.53 Å². The lowest BCUT2D eigenvalue weighted by atomic mass is 9.95. The minimum Gasteiger partial charge on any atom is -0.413 e. The minimum atomic E-state index is -0.0862. The first-order chi connectivity index (χ1) is 4.88. The van der Waals surface area contributed by atoms with Crippen LogP contribution in [0, 0.1) is 0 Å². The van der Waals surface area contributed by atoms with Crippen molar-refractivity contribution in [3.8, 4) is 0 Å². The van der Waals surface area contributed by atoms with Crippen molar-refractivity contribution in [2.75, 3.05) is 0 Å². The highest BCUT2D eigenvalue weighted by Gasteiger charge is 2.34. The number of hydrogen-bond acceptors (Lipinski definition) is 2. The van der Waals surface area contributed by atoms with Gasteiger partial charge in [-0.05, 0) is 31.3 Å². The molecule has 2 aliphatic rings. The van der Waals surface area contributed by atoms with Crippen LogP contribution in [0.1, 0.15) is 32.1 Å². The van der Waals surface area contributed by atoms with Gasteiger partial charge in [-0.25, -0.2) is 4.79 Å². The molecule has 1 saturated carbocycles. The van der Waals surface area contributed by atoms with Crippen LogP contribution in [-0.4, -0.2) is 5.97 Å². The van der Waals surface area contributed by atoms with Crippen molar-refractivity contribution in [2.45, 2.75) is 32.1 Å². The van der Waals surface area contributed by atoms with Gasteiger partial charge in [-0.2, -0.15) is 0 Å². The molecule has 0 aromatic heterocycles. The fraction of sp³-hybridized carbons (Fsp3) is 0.625. The van der Waals surface area contributed by atoms with Gasteiger partial charge in [0.25, 0.3) is 0 Å². The van der Waals surface area contributed by atoms with Gasteiger partial charge in [0.2, 0.25) is 5.76 Å². The third-order valence-corrected chi connectivity index (χ3v) is 2.12. The maximum atomic E-state index is 10.5. The van der Waals surface area contributed by atoms with E-state index in [2.05, 4.69) is 0 Å². The number of carbonyl (C=O) groups excluding carboxylic acids is 1. The smallest absolute Gasteiger partial charge is 0.379 e. The molecule has 0 amide bonds. The Morgan fingerprint density at radius 1 is 1.10 bits per heavy atom. The predicted octanol–water partition coefficient (Wildman–Crippen LogP) is 1.76. The van der Waals surface area contributed by atoms with Gasteiger partial charge < -0.3 is 4.74 Å². The fourth-order valence-electron chi connectivity index (χ4n) is 1.49. The molecule has 0 aromatic rings. The van der Waals surface area contributed by atoms with Crippen molar-refractivity contribution in [3.63, 3.8) is 0 Å². The molecular formula is C8H10O2. The highest BCUT2D eigenvalue weighted by atomic mass is 16.6. The molecule has 10 heavy (non-hydrogen) atoms. The van der Waals surface area contributed by atoms with Gasteiger partial charge >= 0.3 is 5.97 Å². The molecule has 2 heteroatoms. The van der Waals surface area contributed by atoms with E-state index in [1.807, 2.05) is 0 Å². The van der Waals surface area contributed by atoms with Crippen LogP contribution in [0.5, 0.6) is 0 Å². The molecule has 2 fully saturated rings. The van der Waals surface area contributed by atoms with Crippen molar-refractivity contribution >= 4 is 5.97 Å². The largest absolute Gasteiger partial charge is 0.413 e. The first-order valence-corrected chi connectivity index (χ1v) is 3.82. The number of allylic oxidation sites excluding steroid dienone is 1. The SMILES string of the molecule is O=C1OC1=C1CCCCC1. The molecule has 0 unspecified atom stereocenters. The van der Waals surface area contributed by atoms with Gasteiger partial charge in [0.1, 0.15) is 0 Å². The van der Waals surface area contributed by atoms with Gasteiger partial charge in [0.05, 0.1) is 0 Å². The van der Waals surface area contributed by atoms with E-state index in [1.165, 1.54) is 24.8 Å². The Kier molecular flexibility index (Phi) is 1.26. The number of cyclic esters (lactones) is 1. The Labute approximate surface area is 59.9 Å². The normalized spacial score (nSPS) is 24.6. The number of hydrogen-bond donors (Lipinski definition) is 0. The summed E-state index contributed by atoms with van der Waals surface area (Å²) in [5, 5.41) is 0. The molecule has 0 bridgehead atoms. The highest BCUT2D eigenvalue weighted by molar-refractivity contribution is 6.01. The summed E-state index contributed by atoms with van der Waals surface area (Å²) in [7, 11) is 0. The average molecular weight is 138 g/mol. The number of ether oxygens (including phenoxy) is 1. The zero-order valence-electron chi connectivity index (χ0n) is 5.85. The molecule has 0 N–H and O–H groups in total. The molecule has 0 atom stereocenters. The summed E-state index contributed by atoms with van der Waals surface area (Å²) < 4.78 is 4.70. The Morgan fingerprint density at radius 2 is 1.70 bits per heavy atom. The van der Waals surface area contributed by atoms with Gasteiger partial charge in [-0.15, -0.1) is 0 Å². The summed E-state index contributed by atoms with van der Waals surface area (Å²) in [6.45, 7) is 0. The molecule has 1 saturated heterocycles. The van der Waals surface area contributed by atoms with E-state index in [1.54, 1.807) is 0 Å². The number of epoxide rings is 1. The van der Waals surface area contributed by atoms with Crippen molar-refractivity contribution in [1.29, 1.82) is 0 Å². The van der Waals surface area contributed by atoms with Gasteiger partial charge in [0.15, 0.2) is 0 Å². The van der Waals surface area contributed by atoms with E-state index in [0.717, 1.165) is 12.8 Å². The van der Waals surface area contributed by atoms with Gasteiger partial charge in [-0.3, -0.25) is 0 Å². The molecular weight excluding hydrogens is 128 g/mol. The average Bonchev–Trinajstić information content (AvgIpc) is 2.69. The van der Waals surface area contributed by atoms with Crippen molar-refractivity contribution < 1.29 is 9.53 Å². The molecule has 2 rings (SSSR count). The lowest BCUT2D eigenvalue weighted by Crippen LogP contribution is -1.93. The molecule has 0 radical (unpaired) electrons. The van der Waals surface area contributed by atoms with Crippen LogP contribution in [0.4, 0.5) is 0 Å². The molecule has 0 aromatic carbocycles.